The van der Waals surface area contributed by atoms with Gasteiger partial charge in [0.2, 0.25) is 11.7 Å². The average Bonchev–Trinajstić information content (AvgIpc) is 2.47. The number of ether oxygens (including phenoxy) is 3. The largest absolute Gasteiger partial charge is 0.493 e. The monoisotopic (exact) mass is 292 g/mol. The third kappa shape index (κ3) is 2.91. The van der Waals surface area contributed by atoms with Gasteiger partial charge in [-0.3, -0.25) is 10.1 Å². The maximum Gasteiger partial charge on any atom is 0.349 e. The highest BCUT2D eigenvalue weighted by Gasteiger charge is 2.22. The van der Waals surface area contributed by atoms with Crippen molar-refractivity contribution in [1.82, 2.24) is 9.97 Å². The molecule has 0 aliphatic rings. The highest BCUT2D eigenvalue weighted by molar-refractivity contribution is 5.54. The summed E-state index contributed by atoms with van der Waals surface area (Å²) >= 11 is 0. The molecular weight excluding hydrogens is 280 g/mol. The minimum Gasteiger partial charge on any atom is -0.493 e. The molecule has 1 aromatic heterocycles. The van der Waals surface area contributed by atoms with Gasteiger partial charge in [0.25, 0.3) is 0 Å². The summed E-state index contributed by atoms with van der Waals surface area (Å²) < 4.78 is 15.8. The number of nitrogens with two attached hydrogens (primary N) is 1. The van der Waals surface area contributed by atoms with Crippen molar-refractivity contribution in [3.63, 3.8) is 0 Å². The van der Waals surface area contributed by atoms with Gasteiger partial charge in [0.1, 0.15) is 6.20 Å². The van der Waals surface area contributed by atoms with E-state index < -0.39 is 10.6 Å². The standard InChI is InChI=1S/C12H12N4O5/c1-19-8-4-3-5-9(20-2)10(8)21-11-7(16(17)18)6-14-12(13)15-11/h3-6H,1-2H3,(H2,13,14,15). The van der Waals surface area contributed by atoms with Gasteiger partial charge in [-0.2, -0.15) is 4.98 Å². The van der Waals surface area contributed by atoms with Gasteiger partial charge in [0.15, 0.2) is 11.5 Å². The van der Waals surface area contributed by atoms with Crippen LogP contribution in [0.3, 0.4) is 0 Å². The summed E-state index contributed by atoms with van der Waals surface area (Å²) in [5.74, 6) is 0.380. The number of nitrogen functional groups attached to an aromatic ring is 1. The number of hydrogen-bond acceptors (Lipinski definition) is 8. The second kappa shape index (κ2) is 5.90. The fraction of sp³-hybridized carbons (Fsp3) is 0.167. The molecule has 0 amide bonds. The summed E-state index contributed by atoms with van der Waals surface area (Å²) in [5.41, 5.74) is 5.02. The first kappa shape index (κ1) is 14.3. The summed E-state index contributed by atoms with van der Waals surface area (Å²) in [6.45, 7) is 0. The smallest absolute Gasteiger partial charge is 0.349 e. The van der Waals surface area contributed by atoms with E-state index in [2.05, 4.69) is 9.97 Å². The Morgan fingerprint density at radius 3 is 2.38 bits per heavy atom. The first-order valence-electron chi connectivity index (χ1n) is 5.72. The van der Waals surface area contributed by atoms with Crippen LogP contribution >= 0.6 is 0 Å². The van der Waals surface area contributed by atoms with Crippen molar-refractivity contribution < 1.29 is 19.1 Å². The molecule has 2 N–H and O–H groups in total. The quantitative estimate of drug-likeness (QED) is 0.653. The van der Waals surface area contributed by atoms with Crippen molar-refractivity contribution >= 4 is 11.6 Å². The lowest BCUT2D eigenvalue weighted by Gasteiger charge is -2.13. The molecule has 1 aromatic carbocycles. The third-order valence-corrected chi connectivity index (χ3v) is 2.53. The third-order valence-electron chi connectivity index (χ3n) is 2.53. The Morgan fingerprint density at radius 2 is 1.86 bits per heavy atom. The molecule has 9 nitrogen and oxygen atoms in total. The molecule has 0 saturated carbocycles. The number of methoxy groups -OCH3 is 2. The predicted octanol–water partition coefficient (Wildman–Crippen LogP) is 1.78. The highest BCUT2D eigenvalue weighted by atomic mass is 16.6. The topological polar surface area (TPSA) is 123 Å². The van der Waals surface area contributed by atoms with E-state index >= 15 is 0 Å². The Morgan fingerprint density at radius 1 is 1.24 bits per heavy atom. The normalized spacial score (nSPS) is 10.0. The first-order valence-corrected chi connectivity index (χ1v) is 5.72. The lowest BCUT2D eigenvalue weighted by Crippen LogP contribution is -2.02. The molecule has 9 heteroatoms. The zero-order chi connectivity index (χ0) is 15.4. The molecule has 0 aliphatic heterocycles. The van der Waals surface area contributed by atoms with Crippen molar-refractivity contribution in [2.45, 2.75) is 0 Å². The lowest BCUT2D eigenvalue weighted by atomic mass is 10.3. The van der Waals surface area contributed by atoms with E-state index in [1.807, 2.05) is 0 Å². The first-order chi connectivity index (χ1) is 10.1. The molecular formula is C12H12N4O5. The van der Waals surface area contributed by atoms with Crippen LogP contribution in [0, 0.1) is 10.1 Å². The molecule has 2 aromatic rings. The number of aromatic nitrogens is 2. The summed E-state index contributed by atoms with van der Waals surface area (Å²) in [6, 6.07) is 4.93. The second-order valence-corrected chi connectivity index (χ2v) is 3.77. The Kier molecular flexibility index (Phi) is 4.02. The zero-order valence-corrected chi connectivity index (χ0v) is 11.3. The summed E-state index contributed by atoms with van der Waals surface area (Å²) in [4.78, 5) is 17.6. The lowest BCUT2D eigenvalue weighted by molar-refractivity contribution is -0.386. The van der Waals surface area contributed by atoms with Crippen LogP contribution in [0.2, 0.25) is 0 Å². The van der Waals surface area contributed by atoms with E-state index in [1.54, 1.807) is 18.2 Å². The summed E-state index contributed by atoms with van der Waals surface area (Å²) in [7, 11) is 2.87. The second-order valence-electron chi connectivity index (χ2n) is 3.77. The molecule has 0 atom stereocenters. The van der Waals surface area contributed by atoms with E-state index in [4.69, 9.17) is 19.9 Å². The van der Waals surface area contributed by atoms with E-state index in [0.717, 1.165) is 6.20 Å². The Balaban J connectivity index is 2.52. The zero-order valence-electron chi connectivity index (χ0n) is 11.3. The number of para-hydroxylation sites is 1. The van der Waals surface area contributed by atoms with Gasteiger partial charge < -0.3 is 19.9 Å². The van der Waals surface area contributed by atoms with E-state index in [0.29, 0.717) is 11.5 Å². The Labute approximate surface area is 119 Å². The number of nitro groups is 1. The van der Waals surface area contributed by atoms with Gasteiger partial charge in [-0.05, 0) is 12.1 Å². The number of anilines is 1. The summed E-state index contributed by atoms with van der Waals surface area (Å²) in [6.07, 6.45) is 0.972. The molecule has 0 bridgehead atoms. The number of nitrogens with zero attached hydrogens (tertiary/aromatic N) is 3. The molecule has 0 saturated heterocycles. The molecule has 0 spiro atoms. The fourth-order valence-electron chi connectivity index (χ4n) is 1.59. The molecule has 21 heavy (non-hydrogen) atoms. The maximum absolute atomic E-state index is 11.0. The molecule has 2 rings (SSSR count). The number of rotatable bonds is 5. The number of benzene rings is 1. The minimum absolute atomic E-state index is 0.149. The van der Waals surface area contributed by atoms with Crippen molar-refractivity contribution in [3.8, 4) is 23.1 Å². The Hall–Kier alpha value is -3.10. The SMILES string of the molecule is COc1cccc(OC)c1Oc1nc(N)ncc1[N+](=O)[O-]. The highest BCUT2D eigenvalue weighted by Crippen LogP contribution is 2.41. The van der Waals surface area contributed by atoms with Crippen LogP contribution in [0.5, 0.6) is 23.1 Å². The van der Waals surface area contributed by atoms with Crippen LogP contribution in [0.15, 0.2) is 24.4 Å². The van der Waals surface area contributed by atoms with Crippen LogP contribution in [-0.2, 0) is 0 Å². The van der Waals surface area contributed by atoms with Crippen LogP contribution in [0.25, 0.3) is 0 Å². The van der Waals surface area contributed by atoms with E-state index in [-0.39, 0.29) is 17.6 Å². The van der Waals surface area contributed by atoms with Crippen molar-refractivity contribution in [2.75, 3.05) is 20.0 Å². The fourth-order valence-corrected chi connectivity index (χ4v) is 1.59. The van der Waals surface area contributed by atoms with Gasteiger partial charge >= 0.3 is 11.6 Å². The van der Waals surface area contributed by atoms with Gasteiger partial charge in [-0.15, -0.1) is 0 Å². The van der Waals surface area contributed by atoms with E-state index in [9.17, 15) is 10.1 Å². The van der Waals surface area contributed by atoms with Crippen LogP contribution in [0.4, 0.5) is 11.6 Å². The van der Waals surface area contributed by atoms with Gasteiger partial charge in [0.05, 0.1) is 19.1 Å². The predicted molar refractivity (Wildman–Crippen MR) is 72.7 cm³/mol. The molecule has 1 heterocycles. The van der Waals surface area contributed by atoms with Crippen molar-refractivity contribution in [1.29, 1.82) is 0 Å². The Bertz CT molecular complexity index is 654. The van der Waals surface area contributed by atoms with Gasteiger partial charge in [-0.25, -0.2) is 4.98 Å². The molecule has 0 fully saturated rings. The maximum atomic E-state index is 11.0. The molecule has 0 unspecified atom stereocenters. The summed E-state index contributed by atoms with van der Waals surface area (Å²) in [5, 5.41) is 11.0. The minimum atomic E-state index is -0.670. The van der Waals surface area contributed by atoms with Crippen molar-refractivity contribution in [3.05, 3.63) is 34.5 Å². The van der Waals surface area contributed by atoms with Gasteiger partial charge in [-0.1, -0.05) is 6.07 Å². The van der Waals surface area contributed by atoms with Crippen LogP contribution < -0.4 is 19.9 Å². The molecule has 0 radical (unpaired) electrons. The van der Waals surface area contributed by atoms with E-state index in [1.165, 1.54) is 14.2 Å². The molecule has 110 valence electrons. The number of hydrogen-bond donors (Lipinski definition) is 1. The molecule has 0 aliphatic carbocycles. The van der Waals surface area contributed by atoms with Crippen LogP contribution in [-0.4, -0.2) is 29.1 Å². The van der Waals surface area contributed by atoms with Crippen LogP contribution in [0.1, 0.15) is 0 Å². The van der Waals surface area contributed by atoms with Crippen molar-refractivity contribution in [2.24, 2.45) is 0 Å². The average molecular weight is 292 g/mol. The van der Waals surface area contributed by atoms with Gasteiger partial charge in [0, 0.05) is 0 Å².